The van der Waals surface area contributed by atoms with Crippen LogP contribution in [0.3, 0.4) is 0 Å². The Labute approximate surface area is 107 Å². The van der Waals surface area contributed by atoms with Gasteiger partial charge in [0.2, 0.25) is 5.91 Å². The van der Waals surface area contributed by atoms with Crippen molar-refractivity contribution >= 4 is 5.91 Å². The SMILES string of the molecule is CN(CC(=O)N1CCCC1)Cc1ccccc1F. The van der Waals surface area contributed by atoms with Crippen molar-refractivity contribution in [3.63, 3.8) is 0 Å². The molecule has 1 aromatic rings. The predicted octanol–water partition coefficient (Wildman–Crippen LogP) is 1.88. The van der Waals surface area contributed by atoms with E-state index in [1.54, 1.807) is 12.1 Å². The lowest BCUT2D eigenvalue weighted by Crippen LogP contribution is -2.37. The molecule has 1 saturated heterocycles. The minimum atomic E-state index is -0.210. The van der Waals surface area contributed by atoms with E-state index in [9.17, 15) is 9.18 Å². The fraction of sp³-hybridized carbons (Fsp3) is 0.500. The highest BCUT2D eigenvalue weighted by Crippen LogP contribution is 2.11. The number of hydrogen-bond acceptors (Lipinski definition) is 2. The number of carbonyl (C=O) groups excluding carboxylic acids is 1. The van der Waals surface area contributed by atoms with Crippen LogP contribution in [0.1, 0.15) is 18.4 Å². The highest BCUT2D eigenvalue weighted by atomic mass is 19.1. The van der Waals surface area contributed by atoms with Gasteiger partial charge in [0.05, 0.1) is 6.54 Å². The standard InChI is InChI=1S/C14H19FN2O/c1-16(10-12-6-2-3-7-13(12)15)11-14(18)17-8-4-5-9-17/h2-3,6-7H,4-5,8-11H2,1H3. The van der Waals surface area contributed by atoms with Gasteiger partial charge >= 0.3 is 0 Å². The van der Waals surface area contributed by atoms with E-state index in [2.05, 4.69) is 0 Å². The second-order valence-electron chi connectivity index (χ2n) is 4.85. The van der Waals surface area contributed by atoms with E-state index < -0.39 is 0 Å². The fourth-order valence-corrected chi connectivity index (χ4v) is 2.27. The lowest BCUT2D eigenvalue weighted by molar-refractivity contribution is -0.131. The van der Waals surface area contributed by atoms with E-state index in [0.29, 0.717) is 18.7 Å². The molecule has 1 fully saturated rings. The molecule has 3 nitrogen and oxygen atoms in total. The number of rotatable bonds is 4. The maximum atomic E-state index is 13.5. The summed E-state index contributed by atoms with van der Waals surface area (Å²) in [6.07, 6.45) is 2.20. The molecule has 0 aliphatic carbocycles. The Balaban J connectivity index is 1.86. The smallest absolute Gasteiger partial charge is 0.236 e. The molecule has 98 valence electrons. The summed E-state index contributed by atoms with van der Waals surface area (Å²) in [5.74, 6) is -0.0655. The first kappa shape index (κ1) is 13.0. The maximum Gasteiger partial charge on any atom is 0.236 e. The predicted molar refractivity (Wildman–Crippen MR) is 68.5 cm³/mol. The zero-order chi connectivity index (χ0) is 13.0. The van der Waals surface area contributed by atoms with Crippen LogP contribution in [0.5, 0.6) is 0 Å². The van der Waals surface area contributed by atoms with Gasteiger partial charge in [-0.05, 0) is 26.0 Å². The molecule has 0 spiro atoms. The van der Waals surface area contributed by atoms with Crippen LogP contribution >= 0.6 is 0 Å². The monoisotopic (exact) mass is 250 g/mol. The second-order valence-corrected chi connectivity index (χ2v) is 4.85. The van der Waals surface area contributed by atoms with Gasteiger partial charge in [-0.25, -0.2) is 4.39 Å². The lowest BCUT2D eigenvalue weighted by atomic mass is 10.2. The average molecular weight is 250 g/mol. The third-order valence-electron chi connectivity index (χ3n) is 3.26. The Kier molecular flexibility index (Phi) is 4.31. The van der Waals surface area contributed by atoms with Crippen molar-refractivity contribution in [3.05, 3.63) is 35.6 Å². The molecule has 1 aliphatic heterocycles. The van der Waals surface area contributed by atoms with Gasteiger partial charge < -0.3 is 4.90 Å². The van der Waals surface area contributed by atoms with E-state index in [4.69, 9.17) is 0 Å². The molecule has 0 radical (unpaired) electrons. The third-order valence-corrected chi connectivity index (χ3v) is 3.26. The van der Waals surface area contributed by atoms with E-state index in [0.717, 1.165) is 25.9 Å². The summed E-state index contributed by atoms with van der Waals surface area (Å²) >= 11 is 0. The van der Waals surface area contributed by atoms with Crippen LogP contribution in [0.25, 0.3) is 0 Å². The van der Waals surface area contributed by atoms with Crippen LogP contribution in [0, 0.1) is 5.82 Å². The van der Waals surface area contributed by atoms with E-state index in [-0.39, 0.29) is 11.7 Å². The van der Waals surface area contributed by atoms with Crippen molar-refractivity contribution in [1.29, 1.82) is 0 Å². The topological polar surface area (TPSA) is 23.6 Å². The first-order valence-electron chi connectivity index (χ1n) is 6.36. The quantitative estimate of drug-likeness (QED) is 0.814. The maximum absolute atomic E-state index is 13.5. The van der Waals surface area contributed by atoms with Gasteiger partial charge in [-0.15, -0.1) is 0 Å². The van der Waals surface area contributed by atoms with Gasteiger partial charge in [-0.1, -0.05) is 18.2 Å². The van der Waals surface area contributed by atoms with Crippen molar-refractivity contribution in [1.82, 2.24) is 9.80 Å². The fourth-order valence-electron chi connectivity index (χ4n) is 2.27. The van der Waals surface area contributed by atoms with Crippen molar-refractivity contribution in [3.8, 4) is 0 Å². The molecule has 4 heteroatoms. The summed E-state index contributed by atoms with van der Waals surface area (Å²) in [4.78, 5) is 15.7. The lowest BCUT2D eigenvalue weighted by Gasteiger charge is -2.21. The van der Waals surface area contributed by atoms with Gasteiger partial charge in [-0.3, -0.25) is 9.69 Å². The molecule has 1 heterocycles. The number of hydrogen-bond donors (Lipinski definition) is 0. The molecular weight excluding hydrogens is 231 g/mol. The minimum absolute atomic E-state index is 0.145. The zero-order valence-electron chi connectivity index (χ0n) is 10.7. The Morgan fingerprint density at radius 2 is 2.00 bits per heavy atom. The van der Waals surface area contributed by atoms with Crippen molar-refractivity contribution in [2.24, 2.45) is 0 Å². The number of halogens is 1. The molecule has 0 unspecified atom stereocenters. The molecule has 0 bridgehead atoms. The van der Waals surface area contributed by atoms with E-state index in [1.807, 2.05) is 22.9 Å². The molecule has 2 rings (SSSR count). The highest BCUT2D eigenvalue weighted by molar-refractivity contribution is 5.78. The summed E-state index contributed by atoms with van der Waals surface area (Å²) in [6.45, 7) is 2.55. The Hall–Kier alpha value is -1.42. The molecule has 1 amide bonds. The van der Waals surface area contributed by atoms with Crippen molar-refractivity contribution in [2.45, 2.75) is 19.4 Å². The highest BCUT2D eigenvalue weighted by Gasteiger charge is 2.19. The molecule has 0 atom stereocenters. The van der Waals surface area contributed by atoms with Gasteiger partial charge in [0.25, 0.3) is 0 Å². The van der Waals surface area contributed by atoms with Crippen LogP contribution < -0.4 is 0 Å². The van der Waals surface area contributed by atoms with E-state index in [1.165, 1.54) is 6.07 Å². The first-order chi connectivity index (χ1) is 8.66. The summed E-state index contributed by atoms with van der Waals surface area (Å²) in [5, 5.41) is 0. The number of carbonyl (C=O) groups is 1. The number of amides is 1. The van der Waals surface area contributed by atoms with Crippen LogP contribution in [0.15, 0.2) is 24.3 Å². The Morgan fingerprint density at radius 3 is 2.67 bits per heavy atom. The summed E-state index contributed by atoms with van der Waals surface area (Å²) in [7, 11) is 1.85. The van der Waals surface area contributed by atoms with Crippen LogP contribution in [-0.4, -0.2) is 42.4 Å². The number of likely N-dealkylation sites (tertiary alicyclic amines) is 1. The van der Waals surface area contributed by atoms with Crippen molar-refractivity contribution < 1.29 is 9.18 Å². The van der Waals surface area contributed by atoms with Gasteiger partial charge in [0, 0.05) is 25.2 Å². The normalized spacial score (nSPS) is 15.4. The Bertz CT molecular complexity index is 416. The minimum Gasteiger partial charge on any atom is -0.342 e. The number of nitrogens with zero attached hydrogens (tertiary/aromatic N) is 2. The van der Waals surface area contributed by atoms with Crippen LogP contribution in [0.2, 0.25) is 0 Å². The van der Waals surface area contributed by atoms with E-state index >= 15 is 0 Å². The molecule has 0 N–H and O–H groups in total. The van der Waals surface area contributed by atoms with Gasteiger partial charge in [-0.2, -0.15) is 0 Å². The summed E-state index contributed by atoms with van der Waals surface area (Å²) in [5.41, 5.74) is 0.634. The summed E-state index contributed by atoms with van der Waals surface area (Å²) < 4.78 is 13.5. The molecule has 1 aromatic carbocycles. The van der Waals surface area contributed by atoms with Crippen LogP contribution in [0.4, 0.5) is 4.39 Å². The van der Waals surface area contributed by atoms with Gasteiger partial charge in [0.1, 0.15) is 5.82 Å². The molecule has 1 aliphatic rings. The molecular formula is C14H19FN2O. The first-order valence-corrected chi connectivity index (χ1v) is 6.36. The van der Waals surface area contributed by atoms with Gasteiger partial charge in [0.15, 0.2) is 0 Å². The Morgan fingerprint density at radius 1 is 1.33 bits per heavy atom. The number of likely N-dealkylation sites (N-methyl/N-ethyl adjacent to an activating group) is 1. The summed E-state index contributed by atoms with van der Waals surface area (Å²) in [6, 6.07) is 6.69. The average Bonchev–Trinajstić information content (AvgIpc) is 2.85. The number of benzene rings is 1. The molecule has 18 heavy (non-hydrogen) atoms. The van der Waals surface area contributed by atoms with Crippen LogP contribution in [-0.2, 0) is 11.3 Å². The third kappa shape index (κ3) is 3.29. The second kappa shape index (κ2) is 5.96. The van der Waals surface area contributed by atoms with Crippen molar-refractivity contribution in [2.75, 3.05) is 26.7 Å². The zero-order valence-corrected chi connectivity index (χ0v) is 10.7. The largest absolute Gasteiger partial charge is 0.342 e. The molecule has 0 saturated carbocycles. The molecule has 0 aromatic heterocycles.